The van der Waals surface area contributed by atoms with E-state index in [0.29, 0.717) is 12.5 Å². The number of rotatable bonds is 6. The van der Waals surface area contributed by atoms with E-state index in [2.05, 4.69) is 31.5 Å². The first kappa shape index (κ1) is 16.5. The maximum atomic E-state index is 12.4. The van der Waals surface area contributed by atoms with Crippen LogP contribution in [0, 0.1) is 0 Å². The number of carbonyl (C=O) groups excluding carboxylic acids is 1. The SMILES string of the molecule is O=C(Cn1c(NCCO)nc2ccccc21)Nc1ccc(Br)cc1. The summed E-state index contributed by atoms with van der Waals surface area (Å²) in [6.07, 6.45) is 0. The number of para-hydroxylation sites is 2. The molecule has 1 aromatic heterocycles. The lowest BCUT2D eigenvalue weighted by atomic mass is 10.3. The standard InChI is InChI=1S/C17H17BrN4O2/c18-12-5-7-13(8-6-12)20-16(24)11-22-15-4-2-1-3-14(15)21-17(22)19-9-10-23/h1-8,23H,9-11H2,(H,19,21)(H,20,24). The summed E-state index contributed by atoms with van der Waals surface area (Å²) in [5, 5.41) is 14.9. The molecule has 3 aromatic rings. The van der Waals surface area contributed by atoms with Gasteiger partial charge >= 0.3 is 0 Å². The Bertz CT molecular complexity index is 845. The van der Waals surface area contributed by atoms with Crippen LogP contribution in [-0.4, -0.2) is 33.7 Å². The summed E-state index contributed by atoms with van der Waals surface area (Å²) in [4.78, 5) is 16.9. The van der Waals surface area contributed by atoms with Gasteiger partial charge in [-0.1, -0.05) is 28.1 Å². The Balaban J connectivity index is 1.82. The second-order valence-corrected chi connectivity index (χ2v) is 6.13. The van der Waals surface area contributed by atoms with Crippen molar-refractivity contribution in [1.82, 2.24) is 9.55 Å². The number of nitrogens with zero attached hydrogens (tertiary/aromatic N) is 2. The summed E-state index contributed by atoms with van der Waals surface area (Å²) >= 11 is 3.37. The largest absolute Gasteiger partial charge is 0.395 e. The fourth-order valence-corrected chi connectivity index (χ4v) is 2.68. The molecule has 124 valence electrons. The highest BCUT2D eigenvalue weighted by atomic mass is 79.9. The van der Waals surface area contributed by atoms with Gasteiger partial charge in [0, 0.05) is 16.7 Å². The number of benzene rings is 2. The maximum Gasteiger partial charge on any atom is 0.244 e. The third-order valence-electron chi connectivity index (χ3n) is 3.48. The zero-order chi connectivity index (χ0) is 16.9. The zero-order valence-corrected chi connectivity index (χ0v) is 14.5. The molecule has 0 aliphatic carbocycles. The number of hydrogen-bond acceptors (Lipinski definition) is 4. The first-order chi connectivity index (χ1) is 11.7. The van der Waals surface area contributed by atoms with Gasteiger partial charge in [0.1, 0.15) is 6.54 Å². The fraction of sp³-hybridized carbons (Fsp3) is 0.176. The van der Waals surface area contributed by atoms with Crippen molar-refractivity contribution in [2.45, 2.75) is 6.54 Å². The molecule has 7 heteroatoms. The first-order valence-electron chi connectivity index (χ1n) is 7.53. The van der Waals surface area contributed by atoms with Gasteiger partial charge in [0.2, 0.25) is 11.9 Å². The zero-order valence-electron chi connectivity index (χ0n) is 12.9. The highest BCUT2D eigenvalue weighted by Crippen LogP contribution is 2.20. The number of amides is 1. The van der Waals surface area contributed by atoms with Crippen LogP contribution >= 0.6 is 15.9 Å². The predicted octanol–water partition coefficient (Wildman–Crippen LogP) is 2.84. The van der Waals surface area contributed by atoms with Crippen molar-refractivity contribution < 1.29 is 9.90 Å². The number of hydrogen-bond donors (Lipinski definition) is 3. The van der Waals surface area contributed by atoms with Crippen molar-refractivity contribution >= 4 is 44.5 Å². The molecule has 0 saturated carbocycles. The van der Waals surface area contributed by atoms with Crippen LogP contribution in [0.2, 0.25) is 0 Å². The Morgan fingerprint density at radius 1 is 1.17 bits per heavy atom. The number of aliphatic hydroxyl groups excluding tert-OH is 1. The molecule has 0 aliphatic rings. The second-order valence-electron chi connectivity index (χ2n) is 5.22. The van der Waals surface area contributed by atoms with E-state index in [1.165, 1.54) is 0 Å². The average molecular weight is 389 g/mol. The Morgan fingerprint density at radius 3 is 2.67 bits per heavy atom. The summed E-state index contributed by atoms with van der Waals surface area (Å²) in [5.74, 6) is 0.420. The summed E-state index contributed by atoms with van der Waals surface area (Å²) < 4.78 is 2.76. The molecule has 0 radical (unpaired) electrons. The molecule has 3 rings (SSSR count). The van der Waals surface area contributed by atoms with Gasteiger partial charge in [-0.3, -0.25) is 4.79 Å². The summed E-state index contributed by atoms with van der Waals surface area (Å²) in [6.45, 7) is 0.496. The van der Waals surface area contributed by atoms with E-state index in [1.807, 2.05) is 48.5 Å². The number of fused-ring (bicyclic) bond motifs is 1. The van der Waals surface area contributed by atoms with Gasteiger partial charge in [0.15, 0.2) is 0 Å². The quantitative estimate of drug-likeness (QED) is 0.606. The van der Waals surface area contributed by atoms with Gasteiger partial charge in [-0.2, -0.15) is 0 Å². The third-order valence-corrected chi connectivity index (χ3v) is 4.01. The molecule has 3 N–H and O–H groups in total. The molecule has 1 heterocycles. The molecule has 0 aliphatic heterocycles. The molecular weight excluding hydrogens is 372 g/mol. The minimum absolute atomic E-state index is 0.00566. The lowest BCUT2D eigenvalue weighted by Crippen LogP contribution is -2.21. The van der Waals surface area contributed by atoms with E-state index in [-0.39, 0.29) is 19.1 Å². The number of halogens is 1. The topological polar surface area (TPSA) is 79.2 Å². The van der Waals surface area contributed by atoms with Gasteiger partial charge in [-0.05, 0) is 36.4 Å². The van der Waals surface area contributed by atoms with Crippen LogP contribution in [0.15, 0.2) is 53.0 Å². The van der Waals surface area contributed by atoms with Gasteiger partial charge in [-0.15, -0.1) is 0 Å². The number of anilines is 2. The third kappa shape index (κ3) is 3.74. The highest BCUT2D eigenvalue weighted by molar-refractivity contribution is 9.10. The van der Waals surface area contributed by atoms with Crippen molar-refractivity contribution in [1.29, 1.82) is 0 Å². The number of imidazole rings is 1. The van der Waals surface area contributed by atoms with Crippen LogP contribution in [0.5, 0.6) is 0 Å². The maximum absolute atomic E-state index is 12.4. The van der Waals surface area contributed by atoms with Crippen molar-refractivity contribution in [2.24, 2.45) is 0 Å². The Hall–Kier alpha value is -2.38. The van der Waals surface area contributed by atoms with Gasteiger partial charge in [0.05, 0.1) is 17.6 Å². The van der Waals surface area contributed by atoms with E-state index < -0.39 is 0 Å². The molecular formula is C17H17BrN4O2. The molecule has 0 atom stereocenters. The first-order valence-corrected chi connectivity index (χ1v) is 8.32. The number of nitrogens with one attached hydrogen (secondary N) is 2. The van der Waals surface area contributed by atoms with Crippen LogP contribution < -0.4 is 10.6 Å². The smallest absolute Gasteiger partial charge is 0.244 e. The van der Waals surface area contributed by atoms with E-state index in [4.69, 9.17) is 5.11 Å². The molecule has 0 saturated heterocycles. The van der Waals surface area contributed by atoms with Crippen LogP contribution in [0.25, 0.3) is 11.0 Å². The molecule has 0 spiro atoms. The van der Waals surface area contributed by atoms with E-state index in [0.717, 1.165) is 21.2 Å². The molecule has 6 nitrogen and oxygen atoms in total. The second kappa shape index (κ2) is 7.46. The summed E-state index contributed by atoms with van der Waals surface area (Å²) in [5.41, 5.74) is 2.40. The number of aliphatic hydroxyl groups is 1. The van der Waals surface area contributed by atoms with Crippen LogP contribution in [0.4, 0.5) is 11.6 Å². The molecule has 0 bridgehead atoms. The fourth-order valence-electron chi connectivity index (χ4n) is 2.42. The van der Waals surface area contributed by atoms with Crippen LogP contribution in [0.1, 0.15) is 0 Å². The summed E-state index contributed by atoms with van der Waals surface area (Å²) in [7, 11) is 0. The molecule has 0 unspecified atom stereocenters. The monoisotopic (exact) mass is 388 g/mol. The minimum Gasteiger partial charge on any atom is -0.395 e. The molecule has 2 aromatic carbocycles. The minimum atomic E-state index is -0.146. The molecule has 24 heavy (non-hydrogen) atoms. The number of aromatic nitrogens is 2. The Kier molecular flexibility index (Phi) is 5.12. The predicted molar refractivity (Wildman–Crippen MR) is 98.1 cm³/mol. The van der Waals surface area contributed by atoms with Crippen LogP contribution in [-0.2, 0) is 11.3 Å². The Morgan fingerprint density at radius 2 is 1.92 bits per heavy atom. The summed E-state index contributed by atoms with van der Waals surface area (Å²) in [6, 6.07) is 15.0. The van der Waals surface area contributed by atoms with Crippen molar-refractivity contribution in [3.8, 4) is 0 Å². The van der Waals surface area contributed by atoms with E-state index >= 15 is 0 Å². The highest BCUT2D eigenvalue weighted by Gasteiger charge is 2.13. The Labute approximate surface area is 147 Å². The van der Waals surface area contributed by atoms with Crippen molar-refractivity contribution in [3.63, 3.8) is 0 Å². The van der Waals surface area contributed by atoms with E-state index in [9.17, 15) is 4.79 Å². The van der Waals surface area contributed by atoms with Crippen molar-refractivity contribution in [2.75, 3.05) is 23.8 Å². The van der Waals surface area contributed by atoms with Crippen LogP contribution in [0.3, 0.4) is 0 Å². The normalized spacial score (nSPS) is 10.8. The number of carbonyl (C=O) groups is 1. The van der Waals surface area contributed by atoms with Gasteiger partial charge in [0.25, 0.3) is 0 Å². The average Bonchev–Trinajstić information content (AvgIpc) is 2.93. The van der Waals surface area contributed by atoms with E-state index in [1.54, 1.807) is 4.57 Å². The lowest BCUT2D eigenvalue weighted by molar-refractivity contribution is -0.116. The van der Waals surface area contributed by atoms with Crippen molar-refractivity contribution in [3.05, 3.63) is 53.0 Å². The lowest BCUT2D eigenvalue weighted by Gasteiger charge is -2.11. The van der Waals surface area contributed by atoms with Gasteiger partial charge < -0.3 is 20.3 Å². The van der Waals surface area contributed by atoms with Gasteiger partial charge in [-0.25, -0.2) is 4.98 Å². The molecule has 0 fully saturated rings. The molecule has 1 amide bonds.